The highest BCUT2D eigenvalue weighted by atomic mass is 35.5. The van der Waals surface area contributed by atoms with Crippen molar-refractivity contribution in [3.05, 3.63) is 65.9 Å². The van der Waals surface area contributed by atoms with E-state index in [9.17, 15) is 4.79 Å². The molecule has 0 atom stereocenters. The summed E-state index contributed by atoms with van der Waals surface area (Å²) in [5.74, 6) is 0.376. The van der Waals surface area contributed by atoms with Crippen LogP contribution in [0.25, 0.3) is 5.82 Å². The van der Waals surface area contributed by atoms with Crippen molar-refractivity contribution in [1.29, 1.82) is 0 Å². The molecule has 3 aromatic rings. The molecule has 0 saturated carbocycles. The Balaban J connectivity index is 1.54. The molecule has 0 fully saturated rings. The minimum absolute atomic E-state index is 0.298. The summed E-state index contributed by atoms with van der Waals surface area (Å²) in [4.78, 5) is 18.8. The van der Waals surface area contributed by atoms with Gasteiger partial charge in [-0.05, 0) is 41.8 Å². The molecule has 3 heterocycles. The molecular formula is C17H12Cl2N4OS2. The van der Waals surface area contributed by atoms with Gasteiger partial charge < -0.3 is 16.0 Å². The van der Waals surface area contributed by atoms with Gasteiger partial charge in [-0.25, -0.2) is 0 Å². The zero-order valence-electron chi connectivity index (χ0n) is 13.2. The van der Waals surface area contributed by atoms with Crippen LogP contribution in [0.4, 0.5) is 11.4 Å². The van der Waals surface area contributed by atoms with Gasteiger partial charge >= 0.3 is 0 Å². The average Bonchev–Trinajstić information content (AvgIpc) is 3.22. The van der Waals surface area contributed by atoms with E-state index in [-0.39, 0.29) is 5.91 Å². The first-order valence-electron chi connectivity index (χ1n) is 7.54. The van der Waals surface area contributed by atoms with Gasteiger partial charge in [-0.15, -0.1) is 22.7 Å². The monoisotopic (exact) mass is 422 g/mol. The van der Waals surface area contributed by atoms with Crippen molar-refractivity contribution in [3.63, 3.8) is 0 Å². The molecule has 0 spiro atoms. The molecule has 5 nitrogen and oxygen atoms in total. The molecule has 2 aromatic heterocycles. The molecule has 132 valence electrons. The highest BCUT2D eigenvalue weighted by Crippen LogP contribution is 2.31. The topological polar surface area (TPSA) is 70.7 Å². The summed E-state index contributed by atoms with van der Waals surface area (Å²) >= 11 is 14.6. The number of nitrogens with zero attached hydrogens (tertiary/aromatic N) is 2. The third-order valence-corrected chi connectivity index (χ3v) is 6.24. The van der Waals surface area contributed by atoms with Crippen molar-refractivity contribution < 1.29 is 4.79 Å². The van der Waals surface area contributed by atoms with Crippen molar-refractivity contribution in [3.8, 4) is 0 Å². The van der Waals surface area contributed by atoms with Gasteiger partial charge in [-0.3, -0.25) is 9.79 Å². The average molecular weight is 423 g/mol. The van der Waals surface area contributed by atoms with E-state index in [4.69, 9.17) is 28.9 Å². The summed E-state index contributed by atoms with van der Waals surface area (Å²) in [7, 11) is 0. The Labute approximate surface area is 167 Å². The second-order valence-electron chi connectivity index (χ2n) is 5.49. The molecule has 3 N–H and O–H groups in total. The number of benzene rings is 1. The standard InChI is InChI=1S/C17H12Cl2N4OS2/c18-13-7-12(14(19)26-13)16(24)22-9-1-3-10(4-2-9)23-8-21-17-11(15(23)20)5-6-25-17/h1-7H,8,20H2,(H,22,24). The van der Waals surface area contributed by atoms with Gasteiger partial charge in [0, 0.05) is 11.4 Å². The third kappa shape index (κ3) is 3.19. The van der Waals surface area contributed by atoms with Crippen LogP contribution in [0.3, 0.4) is 0 Å². The van der Waals surface area contributed by atoms with Gasteiger partial charge in [0.2, 0.25) is 0 Å². The highest BCUT2D eigenvalue weighted by Gasteiger charge is 2.16. The Kier molecular flexibility index (Phi) is 4.62. The lowest BCUT2D eigenvalue weighted by molar-refractivity contribution is 0.102. The van der Waals surface area contributed by atoms with Crippen LogP contribution in [0.5, 0.6) is 0 Å². The predicted molar refractivity (Wildman–Crippen MR) is 109 cm³/mol. The number of nitrogens with two attached hydrogens (primary N) is 1. The van der Waals surface area contributed by atoms with Gasteiger partial charge in [0.15, 0.2) is 0 Å². The van der Waals surface area contributed by atoms with E-state index in [0.29, 0.717) is 32.4 Å². The van der Waals surface area contributed by atoms with E-state index < -0.39 is 0 Å². The highest BCUT2D eigenvalue weighted by molar-refractivity contribution is 7.20. The molecule has 26 heavy (non-hydrogen) atoms. The Morgan fingerprint density at radius 3 is 2.69 bits per heavy atom. The van der Waals surface area contributed by atoms with Crippen LogP contribution in [-0.2, 0) is 0 Å². The molecule has 0 aliphatic carbocycles. The molecule has 0 saturated heterocycles. The molecule has 1 aromatic carbocycles. The Morgan fingerprint density at radius 2 is 2.00 bits per heavy atom. The maximum absolute atomic E-state index is 12.3. The van der Waals surface area contributed by atoms with Crippen molar-refractivity contribution in [2.24, 2.45) is 10.7 Å². The molecule has 9 heteroatoms. The zero-order chi connectivity index (χ0) is 18.3. The van der Waals surface area contributed by atoms with Crippen LogP contribution >= 0.6 is 45.9 Å². The molecule has 0 unspecified atom stereocenters. The van der Waals surface area contributed by atoms with Crippen LogP contribution in [0, 0.1) is 0 Å². The first-order valence-corrected chi connectivity index (χ1v) is 9.99. The Hall–Kier alpha value is -2.06. The summed E-state index contributed by atoms with van der Waals surface area (Å²) in [6.07, 6.45) is 0. The number of hydrogen-bond acceptors (Lipinski definition) is 6. The Bertz CT molecular complexity index is 1100. The zero-order valence-corrected chi connectivity index (χ0v) is 16.3. The number of fused-ring (bicyclic) bond motifs is 1. The van der Waals surface area contributed by atoms with Crippen molar-refractivity contribution in [2.45, 2.75) is 0 Å². The largest absolute Gasteiger partial charge is 0.384 e. The van der Waals surface area contributed by atoms with Crippen LogP contribution in [0.15, 0.2) is 46.8 Å². The van der Waals surface area contributed by atoms with Crippen molar-refractivity contribution in [2.75, 3.05) is 16.9 Å². The minimum atomic E-state index is -0.298. The first-order chi connectivity index (χ1) is 12.5. The number of nitrogens with one attached hydrogen (secondary N) is 1. The summed E-state index contributed by atoms with van der Waals surface area (Å²) < 4.78 is 1.80. The van der Waals surface area contributed by atoms with Gasteiger partial charge in [-0.2, -0.15) is 0 Å². The Morgan fingerprint density at radius 1 is 1.23 bits per heavy atom. The van der Waals surface area contributed by atoms with Crippen LogP contribution in [0.1, 0.15) is 10.4 Å². The van der Waals surface area contributed by atoms with Crippen LogP contribution in [-0.4, -0.2) is 12.6 Å². The normalized spacial score (nSPS) is 13.3. The van der Waals surface area contributed by atoms with E-state index >= 15 is 0 Å². The first kappa shape index (κ1) is 17.4. The molecule has 4 rings (SSSR count). The third-order valence-electron chi connectivity index (χ3n) is 3.91. The summed E-state index contributed by atoms with van der Waals surface area (Å²) in [5, 5.41) is 5.74. The maximum atomic E-state index is 12.3. The van der Waals surface area contributed by atoms with E-state index in [0.717, 1.165) is 26.9 Å². The molecule has 1 amide bonds. The minimum Gasteiger partial charge on any atom is -0.384 e. The lowest BCUT2D eigenvalue weighted by Crippen LogP contribution is -2.41. The van der Waals surface area contributed by atoms with E-state index in [1.165, 1.54) is 0 Å². The number of hydrogen-bond donors (Lipinski definition) is 2. The summed E-state index contributed by atoms with van der Waals surface area (Å²) in [6.45, 7) is 0.466. The number of thiophene rings is 2. The number of halogens is 2. The van der Waals surface area contributed by atoms with E-state index in [1.807, 2.05) is 40.6 Å². The van der Waals surface area contributed by atoms with E-state index in [2.05, 4.69) is 10.3 Å². The summed E-state index contributed by atoms with van der Waals surface area (Å²) in [6, 6.07) is 10.9. The smallest absolute Gasteiger partial charge is 0.258 e. The SMILES string of the molecule is NC1=c2ccsc2=NCN1c1ccc(NC(=O)c2cc(Cl)sc2Cl)cc1. The van der Waals surface area contributed by atoms with Crippen LogP contribution < -0.4 is 25.8 Å². The number of carbonyl (C=O) groups excluding carboxylic acids is 1. The lowest BCUT2D eigenvalue weighted by Gasteiger charge is -2.24. The van der Waals surface area contributed by atoms with Gasteiger partial charge in [0.05, 0.1) is 15.1 Å². The van der Waals surface area contributed by atoms with E-state index in [1.54, 1.807) is 17.4 Å². The second kappa shape index (κ2) is 6.92. The molecular weight excluding hydrogens is 411 g/mol. The fourth-order valence-corrected chi connectivity index (χ4v) is 4.84. The van der Waals surface area contributed by atoms with Crippen molar-refractivity contribution in [1.82, 2.24) is 0 Å². The molecule has 1 aliphatic heterocycles. The fraction of sp³-hybridized carbons (Fsp3) is 0.0588. The number of carbonyl (C=O) groups is 1. The molecule has 1 aliphatic rings. The van der Waals surface area contributed by atoms with Crippen molar-refractivity contribution >= 4 is 69.0 Å². The molecule has 0 radical (unpaired) electrons. The lowest BCUT2D eigenvalue weighted by atomic mass is 10.2. The molecule has 0 bridgehead atoms. The fourth-order valence-electron chi connectivity index (χ4n) is 2.61. The maximum Gasteiger partial charge on any atom is 0.258 e. The predicted octanol–water partition coefficient (Wildman–Crippen LogP) is 3.49. The summed E-state index contributed by atoms with van der Waals surface area (Å²) in [5.41, 5.74) is 8.19. The number of amides is 1. The van der Waals surface area contributed by atoms with Gasteiger partial charge in [0.25, 0.3) is 5.91 Å². The van der Waals surface area contributed by atoms with Gasteiger partial charge in [0.1, 0.15) is 21.5 Å². The van der Waals surface area contributed by atoms with Gasteiger partial charge in [-0.1, -0.05) is 23.2 Å². The second-order valence-corrected chi connectivity index (χ2v) is 8.67. The van der Waals surface area contributed by atoms with Crippen LogP contribution in [0.2, 0.25) is 8.67 Å². The quantitative estimate of drug-likeness (QED) is 0.678. The number of rotatable bonds is 3. The number of anilines is 2.